The van der Waals surface area contributed by atoms with Crippen LogP contribution in [-0.2, 0) is 0 Å². The zero-order valence-electron chi connectivity index (χ0n) is 6.84. The number of rotatable bonds is 1. The minimum Gasteiger partial charge on any atom is -0.330 e. The highest BCUT2D eigenvalue weighted by Gasteiger charge is 2.24. The number of nitrogens with two attached hydrogens (primary N) is 1. The fraction of sp³-hybridized carbons (Fsp3) is 0.700. The molecule has 0 radical (unpaired) electrons. The maximum Gasteiger partial charge on any atom is -0.00455 e. The monoisotopic (exact) mass is 149 g/mol. The van der Waals surface area contributed by atoms with Crippen LogP contribution in [0.4, 0.5) is 0 Å². The van der Waals surface area contributed by atoms with Crippen molar-refractivity contribution in [2.45, 2.75) is 25.7 Å². The molecule has 0 heterocycles. The molecule has 0 amide bonds. The predicted octanol–water partition coefficient (Wildman–Crippen LogP) is 1.85. The summed E-state index contributed by atoms with van der Waals surface area (Å²) in [5.41, 5.74) is 10.5. The van der Waals surface area contributed by atoms with Gasteiger partial charge in [-0.05, 0) is 55.7 Å². The molecule has 2 aliphatic carbocycles. The zero-order valence-corrected chi connectivity index (χ0v) is 6.84. The average Bonchev–Trinajstić information content (AvgIpc) is 2.03. The van der Waals surface area contributed by atoms with Gasteiger partial charge in [0.05, 0.1) is 0 Å². The summed E-state index contributed by atoms with van der Waals surface area (Å²) in [5.74, 6) is 1.65. The minimum absolute atomic E-state index is 0.755. The van der Waals surface area contributed by atoms with Crippen molar-refractivity contribution in [3.63, 3.8) is 0 Å². The van der Waals surface area contributed by atoms with Crippen molar-refractivity contribution < 1.29 is 0 Å². The van der Waals surface area contributed by atoms with E-state index >= 15 is 0 Å². The third-order valence-electron chi connectivity index (χ3n) is 2.83. The van der Waals surface area contributed by atoms with Crippen LogP contribution in [0, 0.1) is 11.8 Å². The Labute approximate surface area is 68.0 Å². The molecule has 0 aromatic carbocycles. The second-order valence-electron chi connectivity index (χ2n) is 3.80. The second kappa shape index (κ2) is 2.84. The van der Waals surface area contributed by atoms with Gasteiger partial charge in [0.2, 0.25) is 0 Å². The van der Waals surface area contributed by atoms with Crippen LogP contribution in [0.25, 0.3) is 0 Å². The topological polar surface area (TPSA) is 26.0 Å². The standard InChI is InChI=1S/C10H15N/c11-7-10-5-8-2-1-3-9(4-8)6-10/h1,8,10H,2,4-7,11H2. The van der Waals surface area contributed by atoms with E-state index in [1.807, 2.05) is 0 Å². The molecule has 2 atom stereocenters. The van der Waals surface area contributed by atoms with Crippen LogP contribution < -0.4 is 5.73 Å². The lowest BCUT2D eigenvalue weighted by Gasteiger charge is -2.30. The summed E-state index contributed by atoms with van der Waals surface area (Å²) >= 11 is 0. The summed E-state index contributed by atoms with van der Waals surface area (Å²) in [6, 6.07) is 0. The van der Waals surface area contributed by atoms with Crippen molar-refractivity contribution in [3.05, 3.63) is 17.4 Å². The van der Waals surface area contributed by atoms with E-state index in [1.54, 1.807) is 0 Å². The smallest absolute Gasteiger partial charge is 0.00455 e. The number of fused-ring (bicyclic) bond motifs is 2. The summed E-state index contributed by atoms with van der Waals surface area (Å²) in [4.78, 5) is 0. The van der Waals surface area contributed by atoms with Crippen molar-refractivity contribution in [3.8, 4) is 0 Å². The van der Waals surface area contributed by atoms with Gasteiger partial charge in [-0.1, -0.05) is 0 Å². The maximum absolute atomic E-state index is 5.66. The van der Waals surface area contributed by atoms with E-state index in [2.05, 4.69) is 11.8 Å². The van der Waals surface area contributed by atoms with Crippen molar-refractivity contribution in [1.29, 1.82) is 0 Å². The number of hydrogen-bond acceptors (Lipinski definition) is 1. The molecule has 0 aromatic heterocycles. The van der Waals surface area contributed by atoms with Crippen molar-refractivity contribution in [2.75, 3.05) is 6.54 Å². The van der Waals surface area contributed by atoms with Gasteiger partial charge in [0, 0.05) is 0 Å². The lowest BCUT2D eigenvalue weighted by molar-refractivity contribution is 0.320. The molecule has 0 aromatic rings. The SMILES string of the molecule is NCC1CC2=C=CCC(C2)C1. The first-order valence-corrected chi connectivity index (χ1v) is 4.51. The van der Waals surface area contributed by atoms with Crippen LogP contribution in [0.2, 0.25) is 0 Å². The Hall–Kier alpha value is -0.520. The molecule has 2 rings (SSSR count). The van der Waals surface area contributed by atoms with Gasteiger partial charge < -0.3 is 5.73 Å². The number of allylic oxidation sites excluding steroid dienone is 1. The largest absolute Gasteiger partial charge is 0.330 e. The summed E-state index contributed by atoms with van der Waals surface area (Å²) in [6.45, 7) is 0.863. The Morgan fingerprint density at radius 3 is 3.18 bits per heavy atom. The maximum atomic E-state index is 5.66. The molecule has 2 aliphatic rings. The Morgan fingerprint density at radius 2 is 2.45 bits per heavy atom. The first kappa shape index (κ1) is 7.15. The average molecular weight is 149 g/mol. The van der Waals surface area contributed by atoms with Crippen molar-refractivity contribution >= 4 is 0 Å². The third-order valence-corrected chi connectivity index (χ3v) is 2.83. The molecule has 1 nitrogen and oxygen atoms in total. The van der Waals surface area contributed by atoms with Crippen LogP contribution >= 0.6 is 0 Å². The number of hydrogen-bond donors (Lipinski definition) is 1. The van der Waals surface area contributed by atoms with Gasteiger partial charge in [0.1, 0.15) is 0 Å². The van der Waals surface area contributed by atoms with Crippen molar-refractivity contribution in [1.82, 2.24) is 0 Å². The van der Waals surface area contributed by atoms with E-state index in [9.17, 15) is 0 Å². The molecule has 1 heteroatoms. The fourth-order valence-corrected chi connectivity index (χ4v) is 2.27. The molecule has 0 spiro atoms. The highest BCUT2D eigenvalue weighted by Crippen LogP contribution is 2.36. The van der Waals surface area contributed by atoms with Crippen LogP contribution in [0.3, 0.4) is 0 Å². The Balaban J connectivity index is 2.13. The van der Waals surface area contributed by atoms with Gasteiger partial charge in [0.15, 0.2) is 0 Å². The molecule has 11 heavy (non-hydrogen) atoms. The van der Waals surface area contributed by atoms with Crippen LogP contribution in [-0.4, -0.2) is 6.54 Å². The molecule has 1 fully saturated rings. The molecule has 60 valence electrons. The third kappa shape index (κ3) is 1.40. The normalized spacial score (nSPS) is 35.2. The highest BCUT2D eigenvalue weighted by atomic mass is 14.6. The van der Waals surface area contributed by atoms with Gasteiger partial charge >= 0.3 is 0 Å². The lowest BCUT2D eigenvalue weighted by Crippen LogP contribution is -2.24. The quantitative estimate of drug-likeness (QED) is 0.566. The van der Waals surface area contributed by atoms with Gasteiger partial charge in [-0.2, -0.15) is 0 Å². The van der Waals surface area contributed by atoms with E-state index in [1.165, 1.54) is 31.3 Å². The second-order valence-corrected chi connectivity index (χ2v) is 3.80. The predicted molar refractivity (Wildman–Crippen MR) is 46.1 cm³/mol. The van der Waals surface area contributed by atoms with Gasteiger partial charge in [-0.25, -0.2) is 0 Å². The fourth-order valence-electron chi connectivity index (χ4n) is 2.27. The van der Waals surface area contributed by atoms with Crippen molar-refractivity contribution in [2.24, 2.45) is 17.6 Å². The highest BCUT2D eigenvalue weighted by molar-refractivity contribution is 5.12. The summed E-state index contributed by atoms with van der Waals surface area (Å²) in [6.07, 6.45) is 7.30. The van der Waals surface area contributed by atoms with Gasteiger partial charge in [-0.3, -0.25) is 0 Å². The van der Waals surface area contributed by atoms with Crippen LogP contribution in [0.5, 0.6) is 0 Å². The molecular weight excluding hydrogens is 134 g/mol. The summed E-state index contributed by atoms with van der Waals surface area (Å²) in [5, 5.41) is 0. The summed E-state index contributed by atoms with van der Waals surface area (Å²) in [7, 11) is 0. The Morgan fingerprint density at radius 1 is 1.55 bits per heavy atom. The van der Waals surface area contributed by atoms with Crippen LogP contribution in [0.1, 0.15) is 25.7 Å². The lowest BCUT2D eigenvalue weighted by atomic mass is 9.75. The van der Waals surface area contributed by atoms with Crippen LogP contribution in [0.15, 0.2) is 17.4 Å². The van der Waals surface area contributed by atoms with E-state index in [0.717, 1.165) is 18.4 Å². The van der Waals surface area contributed by atoms with E-state index in [4.69, 9.17) is 5.73 Å². The first-order valence-electron chi connectivity index (χ1n) is 4.51. The Bertz CT molecular complexity index is 211. The molecule has 1 saturated carbocycles. The molecule has 0 saturated heterocycles. The molecule has 0 aliphatic heterocycles. The van der Waals surface area contributed by atoms with Gasteiger partial charge in [-0.15, -0.1) is 5.73 Å². The Kier molecular flexibility index (Phi) is 1.85. The van der Waals surface area contributed by atoms with E-state index < -0.39 is 0 Å². The van der Waals surface area contributed by atoms with E-state index in [-0.39, 0.29) is 0 Å². The van der Waals surface area contributed by atoms with E-state index in [0.29, 0.717) is 0 Å². The minimum atomic E-state index is 0.755. The zero-order chi connectivity index (χ0) is 7.68. The molecule has 2 unspecified atom stereocenters. The molecule has 2 N–H and O–H groups in total. The van der Waals surface area contributed by atoms with Gasteiger partial charge in [0.25, 0.3) is 0 Å². The summed E-state index contributed by atoms with van der Waals surface area (Å²) < 4.78 is 0. The first-order chi connectivity index (χ1) is 5.38. The molecular formula is C10H15N. The molecule has 2 bridgehead atoms.